The molecule has 0 bridgehead atoms. The Labute approximate surface area is 123 Å². The maximum absolute atomic E-state index is 13.4. The largest absolute Gasteiger partial charge is 0.330 e. The Hall–Kier alpha value is -0.410. The fourth-order valence-electron chi connectivity index (χ4n) is 2.99. The summed E-state index contributed by atoms with van der Waals surface area (Å²) in [6.07, 6.45) is 5.56. The second-order valence-electron chi connectivity index (χ2n) is 6.78. The van der Waals surface area contributed by atoms with E-state index in [9.17, 15) is 4.39 Å². The van der Waals surface area contributed by atoms with Crippen LogP contribution in [0.3, 0.4) is 0 Å². The van der Waals surface area contributed by atoms with E-state index in [1.165, 1.54) is 18.9 Å². The first kappa shape index (κ1) is 15.0. The van der Waals surface area contributed by atoms with Gasteiger partial charge in [-0.2, -0.15) is 0 Å². The van der Waals surface area contributed by atoms with Gasteiger partial charge in [0.15, 0.2) is 0 Å². The van der Waals surface area contributed by atoms with E-state index in [0.29, 0.717) is 12.0 Å². The summed E-state index contributed by atoms with van der Waals surface area (Å²) in [5.41, 5.74) is 7.67. The molecule has 0 atom stereocenters. The van der Waals surface area contributed by atoms with Gasteiger partial charge in [-0.3, -0.25) is 0 Å². The molecule has 2 rings (SSSR count). The van der Waals surface area contributed by atoms with Gasteiger partial charge in [-0.25, -0.2) is 4.39 Å². The maximum Gasteiger partial charge on any atom is 0.123 e. The predicted molar refractivity (Wildman–Crippen MR) is 81.5 cm³/mol. The summed E-state index contributed by atoms with van der Waals surface area (Å²) in [7, 11) is 0. The summed E-state index contributed by atoms with van der Waals surface area (Å²) in [5, 5.41) is 0. The Morgan fingerprint density at radius 2 is 1.84 bits per heavy atom. The van der Waals surface area contributed by atoms with Crippen LogP contribution >= 0.6 is 15.9 Å². The zero-order chi connectivity index (χ0) is 14.1. The fraction of sp³-hybridized carbons (Fsp3) is 0.625. The third kappa shape index (κ3) is 3.57. The van der Waals surface area contributed by atoms with Crippen LogP contribution in [0.2, 0.25) is 0 Å². The van der Waals surface area contributed by atoms with Crippen molar-refractivity contribution in [2.24, 2.45) is 16.6 Å². The highest BCUT2D eigenvalue weighted by atomic mass is 79.9. The monoisotopic (exact) mass is 327 g/mol. The second-order valence-corrected chi connectivity index (χ2v) is 7.64. The van der Waals surface area contributed by atoms with Crippen molar-refractivity contribution in [1.29, 1.82) is 0 Å². The number of nitrogens with two attached hydrogens (primary N) is 1. The molecule has 1 nitrogen and oxygen atoms in total. The van der Waals surface area contributed by atoms with Gasteiger partial charge in [0, 0.05) is 4.47 Å². The molecular formula is C16H23BrFN. The predicted octanol–water partition coefficient (Wildman–Crippen LogP) is 4.68. The third-order valence-corrected chi connectivity index (χ3v) is 5.44. The van der Waals surface area contributed by atoms with Gasteiger partial charge in [0.25, 0.3) is 0 Å². The van der Waals surface area contributed by atoms with Crippen LogP contribution in [-0.4, -0.2) is 6.54 Å². The minimum atomic E-state index is -0.165. The van der Waals surface area contributed by atoms with Crippen molar-refractivity contribution in [1.82, 2.24) is 0 Å². The van der Waals surface area contributed by atoms with E-state index >= 15 is 0 Å². The Bertz CT molecular complexity index is 446. The van der Waals surface area contributed by atoms with Crippen LogP contribution in [0.5, 0.6) is 0 Å². The smallest absolute Gasteiger partial charge is 0.123 e. The fourth-order valence-corrected chi connectivity index (χ4v) is 3.38. The Balaban J connectivity index is 2.17. The zero-order valence-electron chi connectivity index (χ0n) is 11.8. The van der Waals surface area contributed by atoms with Crippen molar-refractivity contribution in [2.45, 2.75) is 46.0 Å². The summed E-state index contributed by atoms with van der Waals surface area (Å²) < 4.78 is 14.4. The lowest BCUT2D eigenvalue weighted by Crippen LogP contribution is -2.39. The van der Waals surface area contributed by atoms with Crippen molar-refractivity contribution in [2.75, 3.05) is 6.54 Å². The highest BCUT2D eigenvalue weighted by molar-refractivity contribution is 9.10. The molecule has 0 saturated heterocycles. The molecule has 0 unspecified atom stereocenters. The first-order valence-electron chi connectivity index (χ1n) is 7.00. The molecule has 0 spiro atoms. The van der Waals surface area contributed by atoms with E-state index in [2.05, 4.69) is 29.8 Å². The minimum Gasteiger partial charge on any atom is -0.330 e. The number of benzene rings is 1. The molecule has 1 aliphatic rings. The molecule has 2 N–H and O–H groups in total. The Kier molecular flexibility index (Phi) is 4.36. The van der Waals surface area contributed by atoms with Crippen molar-refractivity contribution in [3.63, 3.8) is 0 Å². The molecule has 0 aliphatic heterocycles. The lowest BCUT2D eigenvalue weighted by molar-refractivity contribution is 0.107. The maximum atomic E-state index is 13.4. The van der Waals surface area contributed by atoms with E-state index in [1.54, 1.807) is 12.1 Å². The highest BCUT2D eigenvalue weighted by Crippen LogP contribution is 2.46. The van der Waals surface area contributed by atoms with Crippen LogP contribution in [0, 0.1) is 16.6 Å². The molecule has 3 heteroatoms. The molecule has 19 heavy (non-hydrogen) atoms. The van der Waals surface area contributed by atoms with Gasteiger partial charge in [0.05, 0.1) is 0 Å². The zero-order valence-corrected chi connectivity index (χ0v) is 13.4. The van der Waals surface area contributed by atoms with E-state index in [1.807, 2.05) is 0 Å². The first-order chi connectivity index (χ1) is 8.86. The second kappa shape index (κ2) is 5.53. The van der Waals surface area contributed by atoms with Gasteiger partial charge in [-0.15, -0.1) is 0 Å². The molecule has 0 radical (unpaired) electrons. The Morgan fingerprint density at radius 3 is 2.42 bits per heavy atom. The van der Waals surface area contributed by atoms with Gasteiger partial charge >= 0.3 is 0 Å². The van der Waals surface area contributed by atoms with Crippen LogP contribution in [-0.2, 0) is 6.42 Å². The molecule has 1 fully saturated rings. The quantitative estimate of drug-likeness (QED) is 0.857. The molecule has 1 aromatic rings. The van der Waals surface area contributed by atoms with Gasteiger partial charge in [0.1, 0.15) is 5.82 Å². The van der Waals surface area contributed by atoms with E-state index in [-0.39, 0.29) is 11.2 Å². The first-order valence-corrected chi connectivity index (χ1v) is 7.79. The lowest BCUT2D eigenvalue weighted by atomic mass is 9.63. The average molecular weight is 328 g/mol. The van der Waals surface area contributed by atoms with Crippen molar-refractivity contribution in [3.05, 3.63) is 34.1 Å². The average Bonchev–Trinajstić information content (AvgIpc) is 2.37. The molecule has 0 aromatic heterocycles. The topological polar surface area (TPSA) is 26.0 Å². The summed E-state index contributed by atoms with van der Waals surface area (Å²) in [4.78, 5) is 0. The molecule has 0 amide bonds. The number of hydrogen-bond acceptors (Lipinski definition) is 1. The van der Waals surface area contributed by atoms with Crippen LogP contribution in [0.1, 0.15) is 45.1 Å². The molecule has 1 aromatic carbocycles. The van der Waals surface area contributed by atoms with Gasteiger partial charge < -0.3 is 5.73 Å². The minimum absolute atomic E-state index is 0.145. The van der Waals surface area contributed by atoms with Crippen LogP contribution < -0.4 is 5.73 Å². The molecule has 1 aliphatic carbocycles. The summed E-state index contributed by atoms with van der Waals surface area (Å²) >= 11 is 3.53. The van der Waals surface area contributed by atoms with Crippen molar-refractivity contribution in [3.8, 4) is 0 Å². The van der Waals surface area contributed by atoms with E-state index in [0.717, 1.165) is 29.3 Å². The van der Waals surface area contributed by atoms with Crippen LogP contribution in [0.15, 0.2) is 22.7 Å². The third-order valence-electron chi connectivity index (χ3n) is 4.67. The van der Waals surface area contributed by atoms with Gasteiger partial charge in [-0.05, 0) is 73.2 Å². The van der Waals surface area contributed by atoms with Crippen molar-refractivity contribution < 1.29 is 4.39 Å². The summed E-state index contributed by atoms with van der Waals surface area (Å²) in [6.45, 7) is 5.34. The van der Waals surface area contributed by atoms with Crippen molar-refractivity contribution >= 4 is 15.9 Å². The van der Waals surface area contributed by atoms with Crippen LogP contribution in [0.4, 0.5) is 4.39 Å². The molecular weight excluding hydrogens is 305 g/mol. The number of rotatable bonds is 3. The van der Waals surface area contributed by atoms with Gasteiger partial charge in [-0.1, -0.05) is 29.8 Å². The van der Waals surface area contributed by atoms with Crippen LogP contribution in [0.25, 0.3) is 0 Å². The molecule has 1 saturated carbocycles. The lowest BCUT2D eigenvalue weighted by Gasteiger charge is -2.43. The summed E-state index contributed by atoms with van der Waals surface area (Å²) in [5.74, 6) is -0.165. The molecule has 106 valence electrons. The molecule has 0 heterocycles. The van der Waals surface area contributed by atoms with E-state index < -0.39 is 0 Å². The van der Waals surface area contributed by atoms with Gasteiger partial charge in [0.2, 0.25) is 0 Å². The Morgan fingerprint density at radius 1 is 1.21 bits per heavy atom. The normalized spacial score (nSPS) is 21.3. The van der Waals surface area contributed by atoms with E-state index in [4.69, 9.17) is 5.73 Å². The SMILES string of the molecule is CC1(C)CCC(CN)(Cc2cc(F)ccc2Br)CC1. The number of halogens is 2. The highest BCUT2D eigenvalue weighted by Gasteiger charge is 2.37. The number of hydrogen-bond donors (Lipinski definition) is 1. The summed E-state index contributed by atoms with van der Waals surface area (Å²) in [6, 6.07) is 4.93. The standard InChI is InChI=1S/C16H23BrFN/c1-15(2)5-7-16(11-19,8-6-15)10-12-9-13(18)3-4-14(12)17/h3-4,9H,5-8,10-11,19H2,1-2H3.